The van der Waals surface area contributed by atoms with Crippen molar-refractivity contribution in [1.29, 1.82) is 0 Å². The molecule has 0 saturated carbocycles. The van der Waals surface area contributed by atoms with Gasteiger partial charge in [0.15, 0.2) is 0 Å². The predicted molar refractivity (Wildman–Crippen MR) is 46.7 cm³/mol. The molecule has 0 unspecified atom stereocenters. The van der Waals surface area contributed by atoms with Gasteiger partial charge in [0.2, 0.25) is 0 Å². The smallest absolute Gasteiger partial charge is 0.129 e. The Balaban J connectivity index is 2.93. The van der Waals surface area contributed by atoms with Crippen LogP contribution in [0.3, 0.4) is 0 Å². The number of rotatable bonds is 2. The van der Waals surface area contributed by atoms with Crippen LogP contribution >= 0.6 is 11.6 Å². The number of halogens is 1. The number of nitrogens with zero attached hydrogens (tertiary/aromatic N) is 1. The summed E-state index contributed by atoms with van der Waals surface area (Å²) in [7, 11) is 0. The van der Waals surface area contributed by atoms with E-state index >= 15 is 0 Å². The zero-order chi connectivity index (χ0) is 8.27. The van der Waals surface area contributed by atoms with E-state index in [4.69, 9.17) is 17.3 Å². The zero-order valence-corrected chi connectivity index (χ0v) is 7.23. The van der Waals surface area contributed by atoms with Gasteiger partial charge < -0.3 is 5.73 Å². The second-order valence-electron chi connectivity index (χ2n) is 2.47. The first-order valence-electron chi connectivity index (χ1n) is 3.55. The lowest BCUT2D eigenvalue weighted by Gasteiger charge is -2.02. The second kappa shape index (κ2) is 3.69. The molecule has 0 aliphatic carbocycles. The van der Waals surface area contributed by atoms with E-state index in [2.05, 4.69) is 4.98 Å². The molecule has 2 N–H and O–H groups in total. The van der Waals surface area contributed by atoms with Gasteiger partial charge in [-0.2, -0.15) is 0 Å². The van der Waals surface area contributed by atoms with Crippen LogP contribution in [0.2, 0.25) is 5.15 Å². The van der Waals surface area contributed by atoms with E-state index in [1.54, 1.807) is 6.20 Å². The Labute approximate surface area is 71.4 Å². The molecule has 0 fully saturated rings. The number of hydrogen-bond donors (Lipinski definition) is 1. The molecule has 1 heterocycles. The zero-order valence-electron chi connectivity index (χ0n) is 6.47. The first kappa shape index (κ1) is 8.50. The summed E-state index contributed by atoms with van der Waals surface area (Å²) in [6.45, 7) is 2.66. The van der Waals surface area contributed by atoms with Gasteiger partial charge in [0.1, 0.15) is 5.15 Å². The Bertz CT molecular complexity index is 248. The minimum atomic E-state index is 0.541. The highest BCUT2D eigenvalue weighted by Crippen LogP contribution is 2.11. The van der Waals surface area contributed by atoms with Crippen molar-refractivity contribution in [2.45, 2.75) is 13.3 Å². The fourth-order valence-electron chi connectivity index (χ4n) is 0.961. The first-order valence-corrected chi connectivity index (χ1v) is 3.93. The van der Waals surface area contributed by atoms with Gasteiger partial charge in [-0.05, 0) is 37.1 Å². The summed E-state index contributed by atoms with van der Waals surface area (Å²) in [6.07, 6.45) is 2.64. The minimum absolute atomic E-state index is 0.541. The number of aromatic nitrogens is 1. The third-order valence-corrected chi connectivity index (χ3v) is 1.80. The van der Waals surface area contributed by atoms with Gasteiger partial charge >= 0.3 is 0 Å². The maximum Gasteiger partial charge on any atom is 0.129 e. The van der Waals surface area contributed by atoms with E-state index in [0.717, 1.165) is 12.0 Å². The lowest BCUT2D eigenvalue weighted by molar-refractivity contribution is 0.951. The Morgan fingerprint density at radius 2 is 2.36 bits per heavy atom. The van der Waals surface area contributed by atoms with Crippen molar-refractivity contribution < 1.29 is 0 Å². The first-order chi connectivity index (χ1) is 5.24. The lowest BCUT2D eigenvalue weighted by Crippen LogP contribution is -2.04. The average molecular weight is 171 g/mol. The van der Waals surface area contributed by atoms with Crippen LogP contribution in [0.25, 0.3) is 0 Å². The van der Waals surface area contributed by atoms with Crippen LogP contribution in [0.1, 0.15) is 11.1 Å². The maximum atomic E-state index is 5.70. The molecule has 11 heavy (non-hydrogen) atoms. The second-order valence-corrected chi connectivity index (χ2v) is 2.86. The van der Waals surface area contributed by atoms with E-state index in [0.29, 0.717) is 11.7 Å². The molecule has 2 nitrogen and oxygen atoms in total. The molecule has 0 aromatic carbocycles. The van der Waals surface area contributed by atoms with Crippen LogP contribution in [0.15, 0.2) is 12.3 Å². The molecule has 0 saturated heterocycles. The van der Waals surface area contributed by atoms with Gasteiger partial charge in [0, 0.05) is 6.20 Å². The molecule has 0 aliphatic rings. The molecule has 0 bridgehead atoms. The van der Waals surface area contributed by atoms with Crippen LogP contribution in [0.5, 0.6) is 0 Å². The van der Waals surface area contributed by atoms with Crippen molar-refractivity contribution in [2.75, 3.05) is 6.54 Å². The summed E-state index contributed by atoms with van der Waals surface area (Å²) in [5.74, 6) is 0. The van der Waals surface area contributed by atoms with Gasteiger partial charge in [-0.3, -0.25) is 0 Å². The van der Waals surface area contributed by atoms with Gasteiger partial charge in [-0.1, -0.05) is 11.6 Å². The normalized spacial score (nSPS) is 10.1. The van der Waals surface area contributed by atoms with Gasteiger partial charge in [0.05, 0.1) is 0 Å². The van der Waals surface area contributed by atoms with Gasteiger partial charge in [-0.15, -0.1) is 0 Å². The Kier molecular flexibility index (Phi) is 2.85. The summed E-state index contributed by atoms with van der Waals surface area (Å²) in [5.41, 5.74) is 7.76. The molecular weight excluding hydrogens is 160 g/mol. The number of pyridine rings is 1. The van der Waals surface area contributed by atoms with Crippen LogP contribution in [-0.2, 0) is 6.42 Å². The topological polar surface area (TPSA) is 38.9 Å². The van der Waals surface area contributed by atoms with E-state index in [-0.39, 0.29) is 0 Å². The van der Waals surface area contributed by atoms with Crippen LogP contribution < -0.4 is 5.73 Å². The maximum absolute atomic E-state index is 5.70. The highest BCUT2D eigenvalue weighted by atomic mass is 35.5. The molecule has 0 aliphatic heterocycles. The van der Waals surface area contributed by atoms with Gasteiger partial charge in [-0.25, -0.2) is 4.98 Å². The molecule has 0 atom stereocenters. The van der Waals surface area contributed by atoms with Crippen molar-refractivity contribution in [3.05, 3.63) is 28.5 Å². The molecule has 3 heteroatoms. The third-order valence-electron chi connectivity index (χ3n) is 1.60. The fraction of sp³-hybridized carbons (Fsp3) is 0.375. The van der Waals surface area contributed by atoms with E-state index in [9.17, 15) is 0 Å². The molecule has 0 amide bonds. The van der Waals surface area contributed by atoms with Crippen molar-refractivity contribution in [1.82, 2.24) is 4.98 Å². The SMILES string of the molecule is Cc1cnc(Cl)cc1CCN. The number of hydrogen-bond acceptors (Lipinski definition) is 2. The predicted octanol–water partition coefficient (Wildman–Crippen LogP) is 1.54. The molecule has 1 rings (SSSR count). The summed E-state index contributed by atoms with van der Waals surface area (Å²) in [4.78, 5) is 3.95. The monoisotopic (exact) mass is 170 g/mol. The molecule has 1 aromatic rings. The molecule has 60 valence electrons. The third kappa shape index (κ3) is 2.17. The quantitative estimate of drug-likeness (QED) is 0.684. The Hall–Kier alpha value is -0.600. The van der Waals surface area contributed by atoms with E-state index < -0.39 is 0 Å². The fourth-order valence-corrected chi connectivity index (χ4v) is 1.14. The van der Waals surface area contributed by atoms with Crippen molar-refractivity contribution >= 4 is 11.6 Å². The van der Waals surface area contributed by atoms with Crippen molar-refractivity contribution in [2.24, 2.45) is 5.73 Å². The number of nitrogens with two attached hydrogens (primary N) is 1. The highest BCUT2D eigenvalue weighted by molar-refractivity contribution is 6.29. The lowest BCUT2D eigenvalue weighted by atomic mass is 10.1. The molecule has 0 radical (unpaired) electrons. The largest absolute Gasteiger partial charge is 0.330 e. The summed E-state index contributed by atoms with van der Waals surface area (Å²) < 4.78 is 0. The minimum Gasteiger partial charge on any atom is -0.330 e. The Morgan fingerprint density at radius 3 is 3.00 bits per heavy atom. The highest BCUT2D eigenvalue weighted by Gasteiger charge is 1.98. The molecule has 1 aromatic heterocycles. The average Bonchev–Trinajstić information content (AvgIpc) is 1.98. The van der Waals surface area contributed by atoms with Crippen LogP contribution in [0, 0.1) is 6.92 Å². The van der Waals surface area contributed by atoms with Crippen molar-refractivity contribution in [3.8, 4) is 0 Å². The molecular formula is C8H11ClN2. The summed E-state index contributed by atoms with van der Waals surface area (Å²) in [6, 6.07) is 1.86. The number of aryl methyl sites for hydroxylation is 1. The van der Waals surface area contributed by atoms with Crippen molar-refractivity contribution in [3.63, 3.8) is 0 Å². The van der Waals surface area contributed by atoms with Crippen LogP contribution in [0.4, 0.5) is 0 Å². The van der Waals surface area contributed by atoms with E-state index in [1.807, 2.05) is 13.0 Å². The van der Waals surface area contributed by atoms with E-state index in [1.165, 1.54) is 5.56 Å². The summed E-state index contributed by atoms with van der Waals surface area (Å²) in [5, 5.41) is 0.541. The Morgan fingerprint density at radius 1 is 1.64 bits per heavy atom. The summed E-state index contributed by atoms with van der Waals surface area (Å²) >= 11 is 5.70. The standard InChI is InChI=1S/C8H11ClN2/c1-6-5-11-8(9)4-7(6)2-3-10/h4-5H,2-3,10H2,1H3. The molecule has 0 spiro atoms. The van der Waals surface area contributed by atoms with Gasteiger partial charge in [0.25, 0.3) is 0 Å². The van der Waals surface area contributed by atoms with Crippen LogP contribution in [-0.4, -0.2) is 11.5 Å².